The lowest BCUT2D eigenvalue weighted by Crippen LogP contribution is -2.19. The summed E-state index contributed by atoms with van der Waals surface area (Å²) in [5.74, 6) is -0.208. The predicted molar refractivity (Wildman–Crippen MR) is 83.3 cm³/mol. The average molecular weight is 337 g/mol. The first-order valence-corrected chi connectivity index (χ1v) is 7.35. The Morgan fingerprint density at radius 2 is 1.85 bits per heavy atom. The number of rotatable bonds is 4. The van der Waals surface area contributed by atoms with E-state index in [-0.39, 0.29) is 11.9 Å². The first-order valence-electron chi connectivity index (χ1n) is 6.56. The number of nitrogens with zero attached hydrogens (tertiary/aromatic N) is 1. The molecule has 0 aliphatic carbocycles. The molecule has 2 aromatic rings. The van der Waals surface area contributed by atoms with Crippen molar-refractivity contribution in [3.05, 3.63) is 63.1 Å². The number of nitrogens with one attached hydrogen (secondary N) is 1. The van der Waals surface area contributed by atoms with E-state index in [0.29, 0.717) is 0 Å². The number of hydrogen-bond acceptors (Lipinski definition) is 2. The van der Waals surface area contributed by atoms with Crippen molar-refractivity contribution in [3.8, 4) is 0 Å². The van der Waals surface area contributed by atoms with Crippen molar-refractivity contribution >= 4 is 15.9 Å². The van der Waals surface area contributed by atoms with Crippen LogP contribution in [0, 0.1) is 19.7 Å². The van der Waals surface area contributed by atoms with Gasteiger partial charge < -0.3 is 5.32 Å². The number of aromatic nitrogens is 1. The summed E-state index contributed by atoms with van der Waals surface area (Å²) < 4.78 is 14.3. The SMILES string of the molecule is CNC(Cc1cc(F)ccc1Br)c1cc(C)nc(C)c1. The summed E-state index contributed by atoms with van der Waals surface area (Å²) in [5, 5.41) is 3.30. The number of halogens is 2. The zero-order valence-electron chi connectivity index (χ0n) is 11.9. The van der Waals surface area contributed by atoms with Gasteiger partial charge in [-0.15, -0.1) is 0 Å². The molecule has 0 amide bonds. The molecule has 1 unspecified atom stereocenters. The van der Waals surface area contributed by atoms with Crippen LogP contribution >= 0.6 is 15.9 Å². The number of hydrogen-bond donors (Lipinski definition) is 1. The Morgan fingerprint density at radius 1 is 1.20 bits per heavy atom. The number of benzene rings is 1. The molecule has 0 aliphatic rings. The second kappa shape index (κ2) is 6.46. The summed E-state index contributed by atoms with van der Waals surface area (Å²) in [5.41, 5.74) is 4.13. The van der Waals surface area contributed by atoms with E-state index in [1.807, 2.05) is 20.9 Å². The summed E-state index contributed by atoms with van der Waals surface area (Å²) in [6, 6.07) is 9.06. The molecule has 0 spiro atoms. The van der Waals surface area contributed by atoms with E-state index in [0.717, 1.165) is 27.8 Å². The van der Waals surface area contributed by atoms with Gasteiger partial charge in [0, 0.05) is 21.9 Å². The predicted octanol–water partition coefficient (Wildman–Crippen LogP) is 4.10. The third-order valence-electron chi connectivity index (χ3n) is 3.29. The van der Waals surface area contributed by atoms with Crippen LogP contribution in [-0.2, 0) is 6.42 Å². The highest BCUT2D eigenvalue weighted by Crippen LogP contribution is 2.25. The maximum Gasteiger partial charge on any atom is 0.123 e. The molecule has 1 aromatic carbocycles. The van der Waals surface area contributed by atoms with Crippen LogP contribution in [0.25, 0.3) is 0 Å². The van der Waals surface area contributed by atoms with Gasteiger partial charge in [-0.25, -0.2) is 4.39 Å². The Morgan fingerprint density at radius 3 is 2.45 bits per heavy atom. The van der Waals surface area contributed by atoms with Crippen LogP contribution in [0.5, 0.6) is 0 Å². The number of likely N-dealkylation sites (N-methyl/N-ethyl adjacent to an activating group) is 1. The van der Waals surface area contributed by atoms with Gasteiger partial charge in [0.2, 0.25) is 0 Å². The monoisotopic (exact) mass is 336 g/mol. The zero-order chi connectivity index (χ0) is 14.7. The molecule has 1 N–H and O–H groups in total. The van der Waals surface area contributed by atoms with Gasteiger partial charge in [-0.3, -0.25) is 4.98 Å². The van der Waals surface area contributed by atoms with Gasteiger partial charge in [0.1, 0.15) is 5.82 Å². The summed E-state index contributed by atoms with van der Waals surface area (Å²) in [7, 11) is 1.92. The van der Waals surface area contributed by atoms with E-state index in [1.165, 1.54) is 11.6 Å². The van der Waals surface area contributed by atoms with Gasteiger partial charge in [0.25, 0.3) is 0 Å². The van der Waals surface area contributed by atoms with Crippen molar-refractivity contribution < 1.29 is 4.39 Å². The molecule has 0 fully saturated rings. The zero-order valence-corrected chi connectivity index (χ0v) is 13.5. The van der Waals surface area contributed by atoms with Crippen LogP contribution in [0.2, 0.25) is 0 Å². The highest BCUT2D eigenvalue weighted by molar-refractivity contribution is 9.10. The fraction of sp³-hybridized carbons (Fsp3) is 0.312. The lowest BCUT2D eigenvalue weighted by Gasteiger charge is -2.18. The molecule has 0 aliphatic heterocycles. The van der Waals surface area contributed by atoms with E-state index >= 15 is 0 Å². The van der Waals surface area contributed by atoms with Gasteiger partial charge in [-0.05, 0) is 68.8 Å². The van der Waals surface area contributed by atoms with E-state index in [1.54, 1.807) is 12.1 Å². The minimum absolute atomic E-state index is 0.133. The van der Waals surface area contributed by atoms with Crippen molar-refractivity contribution in [1.82, 2.24) is 10.3 Å². The fourth-order valence-corrected chi connectivity index (χ4v) is 2.78. The van der Waals surface area contributed by atoms with Gasteiger partial charge in [-0.2, -0.15) is 0 Å². The molecule has 20 heavy (non-hydrogen) atoms. The Bertz CT molecular complexity index is 593. The molecular formula is C16H18BrFN2. The Labute approximate surface area is 127 Å². The van der Waals surface area contributed by atoms with Crippen molar-refractivity contribution in [2.24, 2.45) is 0 Å². The topological polar surface area (TPSA) is 24.9 Å². The van der Waals surface area contributed by atoms with Crippen molar-refractivity contribution in [3.63, 3.8) is 0 Å². The summed E-state index contributed by atoms with van der Waals surface area (Å²) in [6.07, 6.45) is 0.720. The van der Waals surface area contributed by atoms with Crippen LogP contribution in [0.4, 0.5) is 4.39 Å². The molecular weight excluding hydrogens is 319 g/mol. The summed E-state index contributed by atoms with van der Waals surface area (Å²) in [6.45, 7) is 3.97. The summed E-state index contributed by atoms with van der Waals surface area (Å²) in [4.78, 5) is 4.39. The van der Waals surface area contributed by atoms with E-state index in [2.05, 4.69) is 38.4 Å². The molecule has 2 nitrogen and oxygen atoms in total. The van der Waals surface area contributed by atoms with Crippen molar-refractivity contribution in [2.75, 3.05) is 7.05 Å². The number of aryl methyl sites for hydroxylation is 2. The second-order valence-electron chi connectivity index (χ2n) is 4.96. The Balaban J connectivity index is 2.30. The lowest BCUT2D eigenvalue weighted by atomic mass is 9.98. The fourth-order valence-electron chi connectivity index (χ4n) is 2.37. The first-order chi connectivity index (χ1) is 9.49. The van der Waals surface area contributed by atoms with Crippen LogP contribution in [-0.4, -0.2) is 12.0 Å². The van der Waals surface area contributed by atoms with Gasteiger partial charge in [-0.1, -0.05) is 15.9 Å². The normalized spacial score (nSPS) is 12.4. The minimum atomic E-state index is -0.208. The second-order valence-corrected chi connectivity index (χ2v) is 5.82. The molecule has 0 saturated heterocycles. The minimum Gasteiger partial charge on any atom is -0.313 e. The Kier molecular flexibility index (Phi) is 4.89. The van der Waals surface area contributed by atoms with E-state index in [9.17, 15) is 4.39 Å². The van der Waals surface area contributed by atoms with Crippen LogP contribution in [0.3, 0.4) is 0 Å². The highest BCUT2D eigenvalue weighted by atomic mass is 79.9. The highest BCUT2D eigenvalue weighted by Gasteiger charge is 2.13. The standard InChI is InChI=1S/C16H18BrFN2/c1-10-6-13(7-11(2)20-10)16(19-3)9-12-8-14(18)4-5-15(12)17/h4-8,16,19H,9H2,1-3H3. The Hall–Kier alpha value is -1.26. The maximum absolute atomic E-state index is 13.4. The van der Waals surface area contributed by atoms with Gasteiger partial charge >= 0.3 is 0 Å². The van der Waals surface area contributed by atoms with E-state index in [4.69, 9.17) is 0 Å². The molecule has 1 heterocycles. The molecule has 106 valence electrons. The first kappa shape index (κ1) is 15.1. The molecule has 0 saturated carbocycles. The average Bonchev–Trinajstić information content (AvgIpc) is 2.38. The smallest absolute Gasteiger partial charge is 0.123 e. The molecule has 4 heteroatoms. The van der Waals surface area contributed by atoms with Crippen LogP contribution in [0.1, 0.15) is 28.6 Å². The van der Waals surface area contributed by atoms with Gasteiger partial charge in [0.05, 0.1) is 0 Å². The molecule has 1 atom stereocenters. The number of pyridine rings is 1. The van der Waals surface area contributed by atoms with E-state index < -0.39 is 0 Å². The molecule has 0 bridgehead atoms. The quantitative estimate of drug-likeness (QED) is 0.908. The van der Waals surface area contributed by atoms with Crippen molar-refractivity contribution in [2.45, 2.75) is 26.3 Å². The largest absolute Gasteiger partial charge is 0.313 e. The van der Waals surface area contributed by atoms with Gasteiger partial charge in [0.15, 0.2) is 0 Å². The molecule has 1 aromatic heterocycles. The molecule has 0 radical (unpaired) electrons. The third kappa shape index (κ3) is 3.64. The maximum atomic E-state index is 13.4. The van der Waals surface area contributed by atoms with Crippen LogP contribution < -0.4 is 5.32 Å². The molecule has 2 rings (SSSR count). The van der Waals surface area contributed by atoms with Crippen molar-refractivity contribution in [1.29, 1.82) is 0 Å². The van der Waals surface area contributed by atoms with Crippen LogP contribution in [0.15, 0.2) is 34.8 Å². The summed E-state index contributed by atoms with van der Waals surface area (Å²) >= 11 is 3.48. The lowest BCUT2D eigenvalue weighted by molar-refractivity contribution is 0.581. The third-order valence-corrected chi connectivity index (χ3v) is 4.06.